The van der Waals surface area contributed by atoms with Crippen LogP contribution in [-0.2, 0) is 11.2 Å². The molecule has 2 unspecified atom stereocenters. The molecule has 0 saturated carbocycles. The second kappa shape index (κ2) is 11.5. The van der Waals surface area contributed by atoms with Crippen LogP contribution in [0, 0.1) is 0 Å². The largest absolute Gasteiger partial charge is 0.338 e. The Hall–Kier alpha value is -3.12. The van der Waals surface area contributed by atoms with E-state index in [0.717, 1.165) is 62.7 Å². The van der Waals surface area contributed by atoms with E-state index in [1.165, 1.54) is 5.56 Å². The Morgan fingerprint density at radius 2 is 1.84 bits per heavy atom. The van der Waals surface area contributed by atoms with Crippen LogP contribution in [0.4, 0.5) is 0 Å². The molecular formula is C30H35ClN4O2. The van der Waals surface area contributed by atoms with Crippen LogP contribution in [0.1, 0.15) is 67.5 Å². The van der Waals surface area contributed by atoms with Crippen molar-refractivity contribution in [2.75, 3.05) is 19.6 Å². The minimum absolute atomic E-state index is 0.0463. The number of amides is 2. The molecule has 0 aliphatic carbocycles. The number of carbonyl (C=O) groups is 2. The lowest BCUT2D eigenvalue weighted by atomic mass is 10.0. The molecule has 2 aliphatic rings. The van der Waals surface area contributed by atoms with Crippen LogP contribution < -0.4 is 0 Å². The average molecular weight is 519 g/mol. The molecule has 1 aromatic heterocycles. The number of nitrogens with zero attached hydrogens (tertiary/aromatic N) is 4. The van der Waals surface area contributed by atoms with Gasteiger partial charge in [-0.3, -0.25) is 14.3 Å². The van der Waals surface area contributed by atoms with E-state index in [4.69, 9.17) is 16.7 Å². The summed E-state index contributed by atoms with van der Waals surface area (Å²) in [6.45, 7) is 3.59. The van der Waals surface area contributed by atoms with E-state index in [1.54, 1.807) is 4.90 Å². The van der Waals surface area contributed by atoms with Gasteiger partial charge in [0, 0.05) is 29.7 Å². The first kappa shape index (κ1) is 25.5. The molecule has 3 heterocycles. The van der Waals surface area contributed by atoms with E-state index >= 15 is 0 Å². The smallest absolute Gasteiger partial charge is 0.272 e. The van der Waals surface area contributed by atoms with Crippen molar-refractivity contribution in [1.82, 2.24) is 19.6 Å². The van der Waals surface area contributed by atoms with Gasteiger partial charge < -0.3 is 9.80 Å². The fraction of sp³-hybridized carbons (Fsp3) is 0.433. The lowest BCUT2D eigenvalue weighted by molar-refractivity contribution is -0.132. The Labute approximate surface area is 224 Å². The van der Waals surface area contributed by atoms with Gasteiger partial charge in [0.1, 0.15) is 12.2 Å². The van der Waals surface area contributed by atoms with Crippen molar-refractivity contribution in [3.05, 3.63) is 76.9 Å². The predicted octanol–water partition coefficient (Wildman–Crippen LogP) is 6.01. The summed E-state index contributed by atoms with van der Waals surface area (Å²) in [7, 11) is 0. The molecule has 2 amide bonds. The number of halogens is 1. The Morgan fingerprint density at radius 1 is 1.05 bits per heavy atom. The Kier molecular flexibility index (Phi) is 7.94. The highest BCUT2D eigenvalue weighted by Crippen LogP contribution is 2.30. The lowest BCUT2D eigenvalue weighted by Crippen LogP contribution is -2.49. The molecule has 0 radical (unpaired) electrons. The predicted molar refractivity (Wildman–Crippen MR) is 147 cm³/mol. The fourth-order valence-electron chi connectivity index (χ4n) is 5.67. The van der Waals surface area contributed by atoms with Crippen LogP contribution in [0.15, 0.2) is 60.7 Å². The monoisotopic (exact) mass is 518 g/mol. The summed E-state index contributed by atoms with van der Waals surface area (Å²) in [5.41, 5.74) is 3.50. The molecule has 2 atom stereocenters. The van der Waals surface area contributed by atoms with Crippen LogP contribution in [0.2, 0.25) is 5.02 Å². The quantitative estimate of drug-likeness (QED) is 0.326. The zero-order valence-corrected chi connectivity index (χ0v) is 22.2. The summed E-state index contributed by atoms with van der Waals surface area (Å²) >= 11 is 6.07. The maximum atomic E-state index is 13.6. The number of hydrogen-bond donors (Lipinski definition) is 0. The van der Waals surface area contributed by atoms with Gasteiger partial charge in [-0.2, -0.15) is 5.10 Å². The van der Waals surface area contributed by atoms with E-state index in [9.17, 15) is 9.59 Å². The van der Waals surface area contributed by atoms with Crippen molar-refractivity contribution in [1.29, 1.82) is 0 Å². The van der Waals surface area contributed by atoms with Crippen LogP contribution in [0.25, 0.3) is 11.3 Å². The molecule has 0 spiro atoms. The van der Waals surface area contributed by atoms with Gasteiger partial charge in [0.25, 0.3) is 5.91 Å². The zero-order valence-electron chi connectivity index (χ0n) is 21.5. The Bertz CT molecular complexity index is 1220. The number of aromatic nitrogens is 2. The van der Waals surface area contributed by atoms with Gasteiger partial charge in [-0.1, -0.05) is 80.3 Å². The normalized spacial score (nSPS) is 19.4. The van der Waals surface area contributed by atoms with Crippen molar-refractivity contribution >= 4 is 23.4 Å². The van der Waals surface area contributed by atoms with Gasteiger partial charge in [-0.05, 0) is 49.4 Å². The van der Waals surface area contributed by atoms with E-state index in [1.807, 2.05) is 58.1 Å². The van der Waals surface area contributed by atoms with Gasteiger partial charge in [-0.25, -0.2) is 0 Å². The number of likely N-dealkylation sites (tertiary alicyclic amines) is 1. The third-order valence-corrected chi connectivity index (χ3v) is 7.89. The van der Waals surface area contributed by atoms with E-state index < -0.39 is 0 Å². The molecule has 194 valence electrons. The Balaban J connectivity index is 1.34. The fourth-order valence-corrected chi connectivity index (χ4v) is 5.79. The molecule has 0 N–H and O–H groups in total. The number of hydrogen-bond acceptors (Lipinski definition) is 3. The summed E-state index contributed by atoms with van der Waals surface area (Å²) in [4.78, 5) is 30.8. The molecular weight excluding hydrogens is 484 g/mol. The van der Waals surface area contributed by atoms with Crippen molar-refractivity contribution in [3.8, 4) is 11.3 Å². The highest BCUT2D eigenvalue weighted by atomic mass is 35.5. The van der Waals surface area contributed by atoms with E-state index in [2.05, 4.69) is 19.1 Å². The maximum Gasteiger partial charge on any atom is 0.272 e. The highest BCUT2D eigenvalue weighted by molar-refractivity contribution is 6.30. The first-order valence-corrected chi connectivity index (χ1v) is 13.9. The van der Waals surface area contributed by atoms with Crippen LogP contribution in [-0.4, -0.2) is 57.1 Å². The molecule has 1 fully saturated rings. The third-order valence-electron chi connectivity index (χ3n) is 7.64. The molecule has 5 rings (SSSR count). The minimum atomic E-state index is -0.119. The highest BCUT2D eigenvalue weighted by Gasteiger charge is 2.36. The van der Waals surface area contributed by atoms with Gasteiger partial charge in [0.2, 0.25) is 5.91 Å². The minimum Gasteiger partial charge on any atom is -0.338 e. The molecule has 0 bridgehead atoms. The topological polar surface area (TPSA) is 58.4 Å². The first-order valence-electron chi connectivity index (χ1n) is 13.5. The summed E-state index contributed by atoms with van der Waals surface area (Å²) in [5.74, 6) is -0.0726. The number of unbranched alkanes of at least 4 members (excludes halogenated alkanes) is 2. The van der Waals surface area contributed by atoms with Crippen LogP contribution in [0.3, 0.4) is 0 Å². The maximum absolute atomic E-state index is 13.6. The summed E-state index contributed by atoms with van der Waals surface area (Å²) in [6.07, 6.45) is 7.14. The average Bonchev–Trinajstić information content (AvgIpc) is 3.56. The standard InChI is InChI=1S/C30H35ClN4O2/c1-2-3-5-11-26-20-33(21-29(36)34-17-8-12-25(34)18-22-9-6-4-7-10-22)30(37)28-19-27(32-35(26)28)23-13-15-24(31)16-14-23/h4,6-7,9-10,13-16,19,25-26H,2-3,5,8,11-12,17-18,20-21H2,1H3. The third kappa shape index (κ3) is 5.74. The van der Waals surface area contributed by atoms with Gasteiger partial charge in [0.05, 0.1) is 11.7 Å². The number of benzene rings is 2. The van der Waals surface area contributed by atoms with Crippen molar-refractivity contribution < 1.29 is 9.59 Å². The Morgan fingerprint density at radius 3 is 2.59 bits per heavy atom. The second-order valence-corrected chi connectivity index (χ2v) is 10.7. The van der Waals surface area contributed by atoms with Gasteiger partial charge in [0.15, 0.2) is 0 Å². The molecule has 37 heavy (non-hydrogen) atoms. The molecule has 1 saturated heterocycles. The van der Waals surface area contributed by atoms with E-state index in [0.29, 0.717) is 17.3 Å². The first-order chi connectivity index (χ1) is 18.0. The number of carbonyl (C=O) groups excluding carboxylic acids is 2. The molecule has 3 aromatic rings. The van der Waals surface area contributed by atoms with Gasteiger partial charge in [-0.15, -0.1) is 0 Å². The van der Waals surface area contributed by atoms with Crippen LogP contribution >= 0.6 is 11.6 Å². The van der Waals surface area contributed by atoms with Crippen LogP contribution in [0.5, 0.6) is 0 Å². The van der Waals surface area contributed by atoms with Crippen molar-refractivity contribution in [2.24, 2.45) is 0 Å². The summed E-state index contributed by atoms with van der Waals surface area (Å²) in [6, 6.07) is 20.0. The summed E-state index contributed by atoms with van der Waals surface area (Å²) in [5, 5.41) is 5.51. The number of fused-ring (bicyclic) bond motifs is 1. The van der Waals surface area contributed by atoms with Crippen molar-refractivity contribution in [3.63, 3.8) is 0 Å². The zero-order chi connectivity index (χ0) is 25.8. The van der Waals surface area contributed by atoms with Gasteiger partial charge >= 0.3 is 0 Å². The molecule has 2 aromatic carbocycles. The lowest BCUT2D eigenvalue weighted by Gasteiger charge is -2.35. The SMILES string of the molecule is CCCCCC1CN(CC(=O)N2CCCC2Cc2ccccc2)C(=O)c2cc(-c3ccc(Cl)cc3)nn21. The van der Waals surface area contributed by atoms with E-state index in [-0.39, 0.29) is 30.4 Å². The molecule has 7 heteroatoms. The second-order valence-electron chi connectivity index (χ2n) is 10.3. The van der Waals surface area contributed by atoms with Crippen molar-refractivity contribution in [2.45, 2.75) is 64.0 Å². The summed E-state index contributed by atoms with van der Waals surface area (Å²) < 4.78 is 1.90. The molecule has 6 nitrogen and oxygen atoms in total. The molecule has 2 aliphatic heterocycles. The number of rotatable bonds is 9.